The minimum Gasteiger partial charge on any atom is -0.418 e. The molecule has 0 heterocycles. The molecule has 0 aliphatic heterocycles. The number of primary amides is 1. The van der Waals surface area contributed by atoms with E-state index in [0.717, 1.165) is 24.8 Å². The number of rotatable bonds is 9. The predicted molar refractivity (Wildman–Crippen MR) is 71.5 cm³/mol. The maximum atomic E-state index is 11.0. The van der Waals surface area contributed by atoms with Crippen molar-refractivity contribution in [2.75, 3.05) is 0 Å². The summed E-state index contributed by atoms with van der Waals surface area (Å²) in [5.41, 5.74) is 5.10. The molecule has 0 unspecified atom stereocenters. The van der Waals surface area contributed by atoms with E-state index in [9.17, 15) is 9.59 Å². The molecule has 2 N–H and O–H groups in total. The van der Waals surface area contributed by atoms with Crippen LogP contribution in [0.1, 0.15) is 46.0 Å². The summed E-state index contributed by atoms with van der Waals surface area (Å²) in [6.45, 7) is 7.64. The molecule has 4 heteroatoms. The Morgan fingerprint density at radius 3 is 2.44 bits per heavy atom. The fraction of sp³-hybridized carbons (Fsp3) is 0.571. The van der Waals surface area contributed by atoms with E-state index in [0.29, 0.717) is 6.42 Å². The second-order valence-corrected chi connectivity index (χ2v) is 4.59. The Morgan fingerprint density at radius 1 is 1.28 bits per heavy atom. The van der Waals surface area contributed by atoms with Gasteiger partial charge in [-0.3, -0.25) is 4.79 Å². The molecule has 0 bridgehead atoms. The van der Waals surface area contributed by atoms with E-state index in [1.807, 2.05) is 0 Å². The number of esters is 1. The highest BCUT2D eigenvalue weighted by Crippen LogP contribution is 2.11. The van der Waals surface area contributed by atoms with Crippen LogP contribution < -0.4 is 5.73 Å². The number of carbonyl (C=O) groups is 2. The normalized spacial score (nSPS) is 11.4. The van der Waals surface area contributed by atoms with Gasteiger partial charge in [0.05, 0.1) is 0 Å². The lowest BCUT2D eigenvalue weighted by Crippen LogP contribution is -2.18. The lowest BCUT2D eigenvalue weighted by Gasteiger charge is -2.04. The summed E-state index contributed by atoms with van der Waals surface area (Å²) in [5.74, 6) is -0.772. The third-order valence-corrected chi connectivity index (χ3v) is 2.44. The summed E-state index contributed by atoms with van der Waals surface area (Å²) < 4.78 is 4.74. The summed E-state index contributed by atoms with van der Waals surface area (Å²) in [7, 11) is 0. The van der Waals surface area contributed by atoms with Gasteiger partial charge in [0.1, 0.15) is 0 Å². The van der Waals surface area contributed by atoms with Crippen molar-refractivity contribution in [1.82, 2.24) is 0 Å². The molecule has 0 aromatic rings. The van der Waals surface area contributed by atoms with Gasteiger partial charge in [-0.2, -0.15) is 0 Å². The maximum Gasteiger partial charge on any atom is 0.335 e. The van der Waals surface area contributed by atoms with Crippen LogP contribution in [0.2, 0.25) is 0 Å². The van der Waals surface area contributed by atoms with Gasteiger partial charge in [0.25, 0.3) is 5.91 Å². The zero-order valence-electron chi connectivity index (χ0n) is 11.3. The summed E-state index contributed by atoms with van der Waals surface area (Å²) in [6, 6.07) is 0. The Labute approximate surface area is 109 Å². The monoisotopic (exact) mass is 253 g/mol. The molecule has 0 fully saturated rings. The molecular formula is C14H23NO3. The van der Waals surface area contributed by atoms with Crippen molar-refractivity contribution >= 4 is 11.9 Å². The van der Waals surface area contributed by atoms with Crippen LogP contribution in [0.5, 0.6) is 0 Å². The zero-order valence-corrected chi connectivity index (χ0v) is 11.3. The van der Waals surface area contributed by atoms with Gasteiger partial charge in [-0.25, -0.2) is 4.79 Å². The van der Waals surface area contributed by atoms with Crippen LogP contribution in [-0.4, -0.2) is 11.9 Å². The topological polar surface area (TPSA) is 69.4 Å². The van der Waals surface area contributed by atoms with Gasteiger partial charge in [-0.05, 0) is 24.8 Å². The minimum absolute atomic E-state index is 0.0937. The second kappa shape index (κ2) is 9.45. The number of allylic oxidation sites excluding steroid dienone is 1. The van der Waals surface area contributed by atoms with Gasteiger partial charge in [-0.1, -0.05) is 39.7 Å². The first-order chi connectivity index (χ1) is 8.47. The molecule has 102 valence electrons. The molecule has 0 aromatic carbocycles. The average Bonchev–Trinajstić information content (AvgIpc) is 2.30. The third kappa shape index (κ3) is 8.56. The number of ether oxygens (including phenoxy) is 1. The largest absolute Gasteiger partial charge is 0.418 e. The Morgan fingerprint density at radius 2 is 1.94 bits per heavy atom. The first-order valence-corrected chi connectivity index (χ1v) is 6.31. The first-order valence-electron chi connectivity index (χ1n) is 6.31. The van der Waals surface area contributed by atoms with Crippen molar-refractivity contribution in [3.8, 4) is 0 Å². The van der Waals surface area contributed by atoms with Crippen LogP contribution in [0.25, 0.3) is 0 Å². The molecule has 0 spiro atoms. The van der Waals surface area contributed by atoms with Crippen molar-refractivity contribution < 1.29 is 14.3 Å². The number of carbonyl (C=O) groups excluding carboxylic acids is 2. The fourth-order valence-electron chi connectivity index (χ4n) is 1.45. The summed E-state index contributed by atoms with van der Waals surface area (Å²) in [4.78, 5) is 22.0. The van der Waals surface area contributed by atoms with Gasteiger partial charge in [-0.15, -0.1) is 0 Å². The molecule has 1 amide bonds. The SMILES string of the molecule is C=CC(=O)O/C(=C\CCCCCC(C)C)C(N)=O. The van der Waals surface area contributed by atoms with E-state index < -0.39 is 11.9 Å². The van der Waals surface area contributed by atoms with Gasteiger partial charge in [0, 0.05) is 6.08 Å². The van der Waals surface area contributed by atoms with Gasteiger partial charge >= 0.3 is 5.97 Å². The molecule has 0 atom stereocenters. The van der Waals surface area contributed by atoms with Gasteiger partial charge in [0.2, 0.25) is 0 Å². The lowest BCUT2D eigenvalue weighted by atomic mass is 10.0. The van der Waals surface area contributed by atoms with E-state index >= 15 is 0 Å². The minimum atomic E-state index is -0.729. The maximum absolute atomic E-state index is 11.0. The predicted octanol–water partition coefficient (Wildman–Crippen LogP) is 2.69. The molecule has 0 aliphatic carbocycles. The summed E-state index contributed by atoms with van der Waals surface area (Å²) in [6.07, 6.45) is 7.67. The van der Waals surface area contributed by atoms with Crippen LogP contribution in [0.15, 0.2) is 24.5 Å². The van der Waals surface area contributed by atoms with E-state index in [4.69, 9.17) is 10.5 Å². The molecule has 0 aliphatic rings. The third-order valence-electron chi connectivity index (χ3n) is 2.44. The van der Waals surface area contributed by atoms with Crippen molar-refractivity contribution in [3.05, 3.63) is 24.5 Å². The first kappa shape index (κ1) is 16.4. The van der Waals surface area contributed by atoms with Gasteiger partial charge < -0.3 is 10.5 Å². The van der Waals surface area contributed by atoms with E-state index in [2.05, 4.69) is 20.4 Å². The number of nitrogens with two attached hydrogens (primary N) is 1. The zero-order chi connectivity index (χ0) is 14.0. The quantitative estimate of drug-likeness (QED) is 0.297. The van der Waals surface area contributed by atoms with Crippen molar-refractivity contribution in [2.45, 2.75) is 46.0 Å². The van der Waals surface area contributed by atoms with Crippen LogP contribution >= 0.6 is 0 Å². The Bertz CT molecular complexity index is 319. The molecule has 0 aromatic heterocycles. The van der Waals surface area contributed by atoms with Crippen LogP contribution in [0.4, 0.5) is 0 Å². The Kier molecular flexibility index (Phi) is 8.62. The molecule has 0 saturated heterocycles. The van der Waals surface area contributed by atoms with E-state index in [-0.39, 0.29) is 5.76 Å². The fourth-order valence-corrected chi connectivity index (χ4v) is 1.45. The smallest absolute Gasteiger partial charge is 0.335 e. The highest BCUT2D eigenvalue weighted by atomic mass is 16.5. The number of hydrogen-bond donors (Lipinski definition) is 1. The molecule has 0 radical (unpaired) electrons. The number of hydrogen-bond acceptors (Lipinski definition) is 3. The van der Waals surface area contributed by atoms with Crippen molar-refractivity contribution in [1.29, 1.82) is 0 Å². The lowest BCUT2D eigenvalue weighted by molar-refractivity contribution is -0.137. The van der Waals surface area contributed by atoms with E-state index in [1.54, 1.807) is 6.08 Å². The average molecular weight is 253 g/mol. The van der Waals surface area contributed by atoms with Crippen molar-refractivity contribution in [3.63, 3.8) is 0 Å². The highest BCUT2D eigenvalue weighted by Gasteiger charge is 2.09. The Hall–Kier alpha value is -1.58. The Balaban J connectivity index is 3.98. The molecular weight excluding hydrogens is 230 g/mol. The van der Waals surface area contributed by atoms with Crippen molar-refractivity contribution in [2.24, 2.45) is 11.7 Å². The highest BCUT2D eigenvalue weighted by molar-refractivity contribution is 5.94. The number of unbranched alkanes of at least 4 members (excludes halogenated alkanes) is 3. The molecule has 0 rings (SSSR count). The molecule has 4 nitrogen and oxygen atoms in total. The summed E-state index contributed by atoms with van der Waals surface area (Å²) in [5, 5.41) is 0. The van der Waals surface area contributed by atoms with Crippen LogP contribution in [0, 0.1) is 5.92 Å². The van der Waals surface area contributed by atoms with E-state index in [1.165, 1.54) is 12.8 Å². The standard InChI is InChI=1S/C14H23NO3/c1-4-13(16)18-12(14(15)17)10-8-6-5-7-9-11(2)3/h4,10-11H,1,5-9H2,2-3H3,(H2,15,17)/b12-10-. The molecule has 18 heavy (non-hydrogen) atoms. The van der Waals surface area contributed by atoms with Crippen LogP contribution in [0.3, 0.4) is 0 Å². The molecule has 0 saturated carbocycles. The summed E-state index contributed by atoms with van der Waals surface area (Å²) >= 11 is 0. The number of amides is 1. The second-order valence-electron chi connectivity index (χ2n) is 4.59. The van der Waals surface area contributed by atoms with Gasteiger partial charge in [0.15, 0.2) is 5.76 Å². The van der Waals surface area contributed by atoms with Crippen LogP contribution in [-0.2, 0) is 14.3 Å².